The van der Waals surface area contributed by atoms with Crippen LogP contribution in [0.3, 0.4) is 0 Å². The smallest absolute Gasteiger partial charge is 0.213 e. The van der Waals surface area contributed by atoms with Crippen molar-refractivity contribution in [3.63, 3.8) is 0 Å². The van der Waals surface area contributed by atoms with Crippen molar-refractivity contribution in [1.29, 1.82) is 0 Å². The van der Waals surface area contributed by atoms with E-state index in [1.165, 1.54) is 27.9 Å². The van der Waals surface area contributed by atoms with E-state index in [4.69, 9.17) is 4.98 Å². The largest absolute Gasteiger partial charge is 0.365 e. The minimum atomic E-state index is -0.572. The van der Waals surface area contributed by atoms with Gasteiger partial charge in [0.05, 0.1) is 18.6 Å². The lowest BCUT2D eigenvalue weighted by Crippen LogP contribution is -2.37. The number of aromatic nitrogens is 2. The summed E-state index contributed by atoms with van der Waals surface area (Å²) in [5, 5.41) is 0. The van der Waals surface area contributed by atoms with Gasteiger partial charge in [-0.05, 0) is 40.8 Å². The zero-order valence-electron chi connectivity index (χ0n) is 21.4. The van der Waals surface area contributed by atoms with Crippen LogP contribution in [0.25, 0.3) is 0 Å². The van der Waals surface area contributed by atoms with Crippen LogP contribution in [0.15, 0.2) is 122 Å². The van der Waals surface area contributed by atoms with E-state index in [1.807, 2.05) is 12.4 Å². The molecular weight excluding hydrogens is 468 g/mol. The van der Waals surface area contributed by atoms with Gasteiger partial charge in [-0.25, -0.2) is 4.98 Å². The quantitative estimate of drug-likeness (QED) is 0.198. The number of benzene rings is 4. The Morgan fingerprint density at radius 1 is 0.842 bits per heavy atom. The van der Waals surface area contributed by atoms with Crippen molar-refractivity contribution in [2.45, 2.75) is 18.5 Å². The van der Waals surface area contributed by atoms with Crippen molar-refractivity contribution in [2.75, 3.05) is 23.4 Å². The van der Waals surface area contributed by atoms with Gasteiger partial charge in [0.1, 0.15) is 5.54 Å². The molecule has 0 atom stereocenters. The molecule has 0 saturated heterocycles. The molecule has 38 heavy (non-hydrogen) atoms. The Morgan fingerprint density at radius 3 is 1.97 bits per heavy atom. The molecule has 0 bridgehead atoms. The Bertz CT molecular complexity index is 1430. The van der Waals surface area contributed by atoms with Gasteiger partial charge in [-0.15, -0.1) is 0 Å². The minimum absolute atomic E-state index is 0.572. The molecule has 0 unspecified atom stereocenters. The van der Waals surface area contributed by atoms with Gasteiger partial charge in [-0.3, -0.25) is 4.79 Å². The van der Waals surface area contributed by atoms with E-state index < -0.39 is 5.54 Å². The van der Waals surface area contributed by atoms with Crippen molar-refractivity contribution in [3.8, 4) is 0 Å². The molecule has 5 aromatic rings. The predicted octanol–water partition coefficient (Wildman–Crippen LogP) is 5.88. The van der Waals surface area contributed by atoms with E-state index in [2.05, 4.69) is 119 Å². The Balaban J connectivity index is 1.44. The maximum Gasteiger partial charge on any atom is 0.213 e. The number of rotatable bonds is 8. The molecule has 0 saturated carbocycles. The summed E-state index contributed by atoms with van der Waals surface area (Å²) >= 11 is 0. The predicted molar refractivity (Wildman–Crippen MR) is 152 cm³/mol. The second kappa shape index (κ2) is 10.0. The van der Waals surface area contributed by atoms with Crippen LogP contribution >= 0.6 is 0 Å². The highest BCUT2D eigenvalue weighted by molar-refractivity contribution is 5.77. The summed E-state index contributed by atoms with van der Waals surface area (Å²) in [4.78, 5) is 20.2. The van der Waals surface area contributed by atoms with Crippen LogP contribution in [0.1, 0.15) is 27.9 Å². The molecule has 0 spiro atoms. The molecule has 1 aliphatic rings. The van der Waals surface area contributed by atoms with Crippen molar-refractivity contribution in [1.82, 2.24) is 9.55 Å². The molecule has 2 heterocycles. The number of nitrogens with zero attached hydrogens (tertiary/aromatic N) is 4. The second-order valence-electron chi connectivity index (χ2n) is 9.78. The molecule has 0 fully saturated rings. The fraction of sp³-hybridized carbons (Fsp3) is 0.152. The number of fused-ring (bicyclic) bond motifs is 1. The lowest BCUT2D eigenvalue weighted by Gasteiger charge is -2.37. The highest BCUT2D eigenvalue weighted by Gasteiger charge is 2.38. The summed E-state index contributed by atoms with van der Waals surface area (Å²) in [5.74, 6) is 0. The van der Waals surface area contributed by atoms with Crippen LogP contribution in [0.4, 0.5) is 11.4 Å². The van der Waals surface area contributed by atoms with Gasteiger partial charge >= 0.3 is 0 Å². The topological polar surface area (TPSA) is 41.4 Å². The fourth-order valence-electron chi connectivity index (χ4n) is 5.69. The highest BCUT2D eigenvalue weighted by Crippen LogP contribution is 2.41. The Hall–Kier alpha value is -4.64. The summed E-state index contributed by atoms with van der Waals surface area (Å²) in [6.07, 6.45) is 5.99. The molecule has 5 nitrogen and oxygen atoms in total. The average molecular weight is 499 g/mol. The number of amides is 1. The van der Waals surface area contributed by atoms with Crippen LogP contribution in [0, 0.1) is 0 Å². The number of imidazole rings is 1. The molecule has 5 heteroatoms. The van der Waals surface area contributed by atoms with Crippen LogP contribution in [-0.4, -0.2) is 29.6 Å². The van der Waals surface area contributed by atoms with Gasteiger partial charge in [0.15, 0.2) is 0 Å². The standard InChI is InChI=1S/C33H30N4O/c1-35(25-38)31-18-17-26-19-20-36(32(26)21-31)22-30-23-37(24-34-30)33(27-11-5-2-6-12-27,28-13-7-3-8-14-28)29-15-9-4-10-16-29/h2-18,21,23-25H,19-20,22H2,1H3. The van der Waals surface area contributed by atoms with E-state index >= 15 is 0 Å². The number of carbonyl (C=O) groups excluding carboxylic acids is 1. The van der Waals surface area contributed by atoms with E-state index in [9.17, 15) is 4.79 Å². The Labute approximate surface area is 223 Å². The molecule has 4 aromatic carbocycles. The molecule has 0 N–H and O–H groups in total. The zero-order chi connectivity index (χ0) is 26.0. The monoisotopic (exact) mass is 498 g/mol. The van der Waals surface area contributed by atoms with Crippen LogP contribution < -0.4 is 9.80 Å². The summed E-state index contributed by atoms with van der Waals surface area (Å²) < 4.78 is 2.26. The Morgan fingerprint density at radius 2 is 1.42 bits per heavy atom. The van der Waals surface area contributed by atoms with Crippen molar-refractivity contribution in [2.24, 2.45) is 0 Å². The highest BCUT2D eigenvalue weighted by atomic mass is 16.1. The molecule has 0 radical (unpaired) electrons. The van der Waals surface area contributed by atoms with Gasteiger partial charge < -0.3 is 14.4 Å². The summed E-state index contributed by atoms with van der Waals surface area (Å²) in [6, 6.07) is 38.2. The van der Waals surface area contributed by atoms with Gasteiger partial charge in [0, 0.05) is 31.2 Å². The first-order chi connectivity index (χ1) is 18.7. The third kappa shape index (κ3) is 4.06. The van der Waals surface area contributed by atoms with Gasteiger partial charge in [0.2, 0.25) is 6.41 Å². The summed E-state index contributed by atoms with van der Waals surface area (Å²) in [5.41, 5.74) is 7.33. The van der Waals surface area contributed by atoms with Gasteiger partial charge in [-0.2, -0.15) is 0 Å². The summed E-state index contributed by atoms with van der Waals surface area (Å²) in [6.45, 7) is 1.63. The van der Waals surface area contributed by atoms with Gasteiger partial charge in [0.25, 0.3) is 0 Å². The molecule has 1 amide bonds. The lowest BCUT2D eigenvalue weighted by molar-refractivity contribution is -0.107. The number of anilines is 2. The number of hydrogen-bond donors (Lipinski definition) is 0. The average Bonchev–Trinajstić information content (AvgIpc) is 3.62. The fourth-order valence-corrected chi connectivity index (χ4v) is 5.69. The zero-order valence-corrected chi connectivity index (χ0v) is 21.4. The van der Waals surface area contributed by atoms with E-state index in [-0.39, 0.29) is 0 Å². The molecule has 188 valence electrons. The van der Waals surface area contributed by atoms with Crippen molar-refractivity contribution in [3.05, 3.63) is 150 Å². The summed E-state index contributed by atoms with van der Waals surface area (Å²) in [7, 11) is 1.78. The van der Waals surface area contributed by atoms with Crippen molar-refractivity contribution >= 4 is 17.8 Å². The Kier molecular flexibility index (Phi) is 6.26. The first-order valence-electron chi connectivity index (χ1n) is 13.0. The van der Waals surface area contributed by atoms with E-state index in [1.54, 1.807) is 11.9 Å². The van der Waals surface area contributed by atoms with Crippen LogP contribution in [0.2, 0.25) is 0 Å². The first-order valence-corrected chi connectivity index (χ1v) is 13.0. The molecule has 1 aromatic heterocycles. The normalized spacial score (nSPS) is 12.8. The van der Waals surface area contributed by atoms with Crippen LogP contribution in [0.5, 0.6) is 0 Å². The number of carbonyl (C=O) groups is 1. The van der Waals surface area contributed by atoms with Crippen LogP contribution in [-0.2, 0) is 23.3 Å². The first kappa shape index (κ1) is 23.7. The lowest BCUT2D eigenvalue weighted by atomic mass is 9.77. The molecular formula is C33H30N4O. The number of hydrogen-bond acceptors (Lipinski definition) is 3. The molecule has 6 rings (SSSR count). The molecule has 1 aliphatic heterocycles. The maximum absolute atomic E-state index is 11.3. The maximum atomic E-state index is 11.3. The second-order valence-corrected chi connectivity index (χ2v) is 9.78. The SMILES string of the molecule is CN(C=O)c1ccc2c(c1)N(Cc1cn(C(c3ccccc3)(c3ccccc3)c3ccccc3)cn1)CC2. The third-order valence-electron chi connectivity index (χ3n) is 7.58. The van der Waals surface area contributed by atoms with Gasteiger partial charge in [-0.1, -0.05) is 97.1 Å². The van der Waals surface area contributed by atoms with E-state index in [0.29, 0.717) is 6.54 Å². The third-order valence-corrected chi connectivity index (χ3v) is 7.58. The van der Waals surface area contributed by atoms with Crippen molar-refractivity contribution < 1.29 is 4.79 Å². The molecule has 0 aliphatic carbocycles. The van der Waals surface area contributed by atoms with E-state index in [0.717, 1.165) is 30.8 Å². The minimum Gasteiger partial charge on any atom is -0.365 e.